The zero-order valence-electron chi connectivity index (χ0n) is 20.1. The molecule has 4 aliphatic rings. The monoisotopic (exact) mass is 444 g/mol. The molecule has 5 nitrogen and oxygen atoms in total. The van der Waals surface area contributed by atoms with Crippen molar-refractivity contribution in [3.8, 4) is 0 Å². The first-order valence-corrected chi connectivity index (χ1v) is 13.9. The lowest BCUT2D eigenvalue weighted by atomic mass is 9.87. The number of carbonyl (C=O) groups excluding carboxylic acids is 3. The van der Waals surface area contributed by atoms with Gasteiger partial charge in [0.05, 0.1) is 0 Å². The van der Waals surface area contributed by atoms with Gasteiger partial charge in [-0.15, -0.1) is 0 Å². The molecule has 0 aliphatic heterocycles. The largest absolute Gasteiger partial charge is 0.330 e. The highest BCUT2D eigenvalue weighted by Crippen LogP contribution is 2.33. The summed E-state index contributed by atoms with van der Waals surface area (Å²) in [7, 11) is 0. The third kappa shape index (κ3) is 5.56. The topological polar surface area (TPSA) is 57.7 Å². The molecule has 0 aromatic heterocycles. The van der Waals surface area contributed by atoms with Crippen LogP contribution >= 0.6 is 0 Å². The highest BCUT2D eigenvalue weighted by atomic mass is 16.2. The summed E-state index contributed by atoms with van der Waals surface area (Å²) in [4.78, 5) is 44.7. The van der Waals surface area contributed by atoms with Gasteiger partial charge in [0.2, 0.25) is 0 Å². The molecule has 0 heterocycles. The Morgan fingerprint density at radius 2 is 0.594 bits per heavy atom. The van der Waals surface area contributed by atoms with E-state index in [1.807, 2.05) is 9.80 Å². The van der Waals surface area contributed by atoms with Gasteiger partial charge in [0, 0.05) is 24.2 Å². The zero-order valence-corrected chi connectivity index (χ0v) is 20.1. The molecular formula is C27H44N2O3. The lowest BCUT2D eigenvalue weighted by Crippen LogP contribution is -2.57. The molecule has 0 spiro atoms. The standard InChI is InChI=1S/C27H44N2O3/c30-25(26(31)28(21-13-5-1-6-14-21)22-15-7-2-8-16-22)27(32)29(23-17-9-3-10-18-23)24-19-11-4-12-20-24/h21-24H,1-20H2. The maximum Gasteiger partial charge on any atom is 0.307 e. The van der Waals surface area contributed by atoms with E-state index < -0.39 is 17.6 Å². The van der Waals surface area contributed by atoms with E-state index in [1.54, 1.807) is 0 Å². The number of ketones is 1. The second-order valence-corrected chi connectivity index (χ2v) is 10.9. The Labute approximate surface area is 194 Å². The van der Waals surface area contributed by atoms with Crippen LogP contribution in [0.3, 0.4) is 0 Å². The van der Waals surface area contributed by atoms with Crippen molar-refractivity contribution in [1.82, 2.24) is 9.80 Å². The predicted octanol–water partition coefficient (Wildman–Crippen LogP) is 5.54. The fourth-order valence-corrected chi connectivity index (χ4v) is 7.02. The molecular weight excluding hydrogens is 400 g/mol. The number of Topliss-reactive ketones (excluding diaryl/α,β-unsaturated/α-hetero) is 1. The number of hydrogen-bond donors (Lipinski definition) is 0. The SMILES string of the molecule is O=C(C(=O)N(C1CCCCC1)C1CCCCC1)C(=O)N(C1CCCCC1)C1CCCCC1. The van der Waals surface area contributed by atoms with Crippen LogP contribution < -0.4 is 0 Å². The molecule has 0 radical (unpaired) electrons. The molecule has 4 saturated carbocycles. The number of rotatable bonds is 6. The third-order valence-corrected chi connectivity index (χ3v) is 8.73. The molecule has 4 aliphatic carbocycles. The minimum Gasteiger partial charge on any atom is -0.330 e. The van der Waals surface area contributed by atoms with Crippen molar-refractivity contribution in [3.63, 3.8) is 0 Å². The van der Waals surface area contributed by atoms with Crippen LogP contribution in [0.15, 0.2) is 0 Å². The average Bonchev–Trinajstić information content (AvgIpc) is 2.86. The molecule has 0 aromatic rings. The highest BCUT2D eigenvalue weighted by Gasteiger charge is 2.42. The normalized spacial score (nSPS) is 24.8. The van der Waals surface area contributed by atoms with E-state index in [4.69, 9.17) is 0 Å². The minimum atomic E-state index is -0.739. The van der Waals surface area contributed by atoms with Crippen molar-refractivity contribution in [2.75, 3.05) is 0 Å². The van der Waals surface area contributed by atoms with Gasteiger partial charge >= 0.3 is 17.6 Å². The van der Waals surface area contributed by atoms with Gasteiger partial charge in [-0.25, -0.2) is 0 Å². The lowest BCUT2D eigenvalue weighted by Gasteiger charge is -2.43. The van der Waals surface area contributed by atoms with Gasteiger partial charge < -0.3 is 9.80 Å². The first kappa shape index (κ1) is 23.8. The van der Waals surface area contributed by atoms with Crippen LogP contribution in [0.4, 0.5) is 0 Å². The van der Waals surface area contributed by atoms with Crippen molar-refractivity contribution in [2.24, 2.45) is 0 Å². The summed E-state index contributed by atoms with van der Waals surface area (Å²) < 4.78 is 0. The van der Waals surface area contributed by atoms with Crippen molar-refractivity contribution in [1.29, 1.82) is 0 Å². The Kier molecular flexibility index (Phi) is 8.65. The summed E-state index contributed by atoms with van der Waals surface area (Å²) in [6, 6.07) is 0.589. The maximum absolute atomic E-state index is 13.7. The first-order chi connectivity index (χ1) is 15.7. The third-order valence-electron chi connectivity index (χ3n) is 8.73. The van der Waals surface area contributed by atoms with Gasteiger partial charge in [0.1, 0.15) is 0 Å². The van der Waals surface area contributed by atoms with Crippen molar-refractivity contribution < 1.29 is 14.4 Å². The zero-order chi connectivity index (χ0) is 22.3. The molecule has 0 aromatic carbocycles. The van der Waals surface area contributed by atoms with Gasteiger partial charge in [0.15, 0.2) is 0 Å². The van der Waals surface area contributed by atoms with Crippen LogP contribution in [0.1, 0.15) is 128 Å². The van der Waals surface area contributed by atoms with E-state index in [1.165, 1.54) is 25.7 Å². The molecule has 5 heteroatoms. The molecule has 2 amide bonds. The molecule has 4 rings (SSSR count). The van der Waals surface area contributed by atoms with Crippen molar-refractivity contribution >= 4 is 17.6 Å². The van der Waals surface area contributed by atoms with Gasteiger partial charge in [-0.1, -0.05) is 77.0 Å². The molecule has 0 bridgehead atoms. The predicted molar refractivity (Wildman–Crippen MR) is 126 cm³/mol. The average molecular weight is 445 g/mol. The summed E-state index contributed by atoms with van der Waals surface area (Å²) in [6.07, 6.45) is 21.7. The van der Waals surface area contributed by atoms with Crippen LogP contribution in [0.25, 0.3) is 0 Å². The van der Waals surface area contributed by atoms with E-state index in [9.17, 15) is 14.4 Å². The Hall–Kier alpha value is -1.39. The summed E-state index contributed by atoms with van der Waals surface area (Å²) in [5.41, 5.74) is 0. The lowest BCUT2D eigenvalue weighted by molar-refractivity contribution is -0.159. The smallest absolute Gasteiger partial charge is 0.307 e. The van der Waals surface area contributed by atoms with E-state index in [-0.39, 0.29) is 24.2 Å². The molecule has 0 unspecified atom stereocenters. The Morgan fingerprint density at radius 3 is 0.812 bits per heavy atom. The minimum absolute atomic E-state index is 0.147. The van der Waals surface area contributed by atoms with Crippen LogP contribution in [-0.4, -0.2) is 51.6 Å². The molecule has 180 valence electrons. The van der Waals surface area contributed by atoms with Gasteiger partial charge in [-0.2, -0.15) is 0 Å². The summed E-state index contributed by atoms with van der Waals surface area (Å²) >= 11 is 0. The van der Waals surface area contributed by atoms with E-state index >= 15 is 0 Å². The van der Waals surface area contributed by atoms with Crippen LogP contribution in [0, 0.1) is 0 Å². The van der Waals surface area contributed by atoms with Gasteiger partial charge in [0.25, 0.3) is 0 Å². The maximum atomic E-state index is 13.7. The molecule has 0 N–H and O–H groups in total. The second kappa shape index (κ2) is 11.7. The Balaban J connectivity index is 1.53. The van der Waals surface area contributed by atoms with Crippen LogP contribution in [-0.2, 0) is 14.4 Å². The number of hydrogen-bond acceptors (Lipinski definition) is 3. The number of carbonyl (C=O) groups is 3. The second-order valence-electron chi connectivity index (χ2n) is 10.9. The van der Waals surface area contributed by atoms with Crippen LogP contribution in [0.2, 0.25) is 0 Å². The van der Waals surface area contributed by atoms with Gasteiger partial charge in [-0.3, -0.25) is 14.4 Å². The van der Waals surface area contributed by atoms with Crippen molar-refractivity contribution in [2.45, 2.75) is 153 Å². The number of nitrogens with zero attached hydrogens (tertiary/aromatic N) is 2. The highest BCUT2D eigenvalue weighted by molar-refractivity contribution is 6.62. The van der Waals surface area contributed by atoms with E-state index in [0.29, 0.717) is 0 Å². The molecule has 4 fully saturated rings. The molecule has 0 saturated heterocycles. The number of amides is 2. The van der Waals surface area contributed by atoms with Crippen LogP contribution in [0.5, 0.6) is 0 Å². The summed E-state index contributed by atoms with van der Waals surface area (Å²) in [6.45, 7) is 0. The first-order valence-electron chi connectivity index (χ1n) is 13.9. The van der Waals surface area contributed by atoms with E-state index in [0.717, 1.165) is 103 Å². The molecule has 32 heavy (non-hydrogen) atoms. The summed E-state index contributed by atoms with van der Waals surface area (Å²) in [5, 5.41) is 0. The van der Waals surface area contributed by atoms with E-state index in [2.05, 4.69) is 0 Å². The fraction of sp³-hybridized carbons (Fsp3) is 0.889. The van der Waals surface area contributed by atoms with Crippen molar-refractivity contribution in [3.05, 3.63) is 0 Å². The summed E-state index contributed by atoms with van der Waals surface area (Å²) in [5.74, 6) is -1.70. The quantitative estimate of drug-likeness (QED) is 0.399. The molecule has 0 atom stereocenters. The fourth-order valence-electron chi connectivity index (χ4n) is 7.02. The Morgan fingerprint density at radius 1 is 0.375 bits per heavy atom. The Bertz CT molecular complexity index is 549. The van der Waals surface area contributed by atoms with Gasteiger partial charge in [-0.05, 0) is 51.4 Å².